The first kappa shape index (κ1) is 34.8. The maximum atomic E-state index is 2.59. The number of rotatable bonds is 5. The molecule has 0 aromatic heterocycles. The predicted octanol–water partition coefficient (Wildman–Crippen LogP) is 16.3. The van der Waals surface area contributed by atoms with Gasteiger partial charge in [0.25, 0.3) is 0 Å². The van der Waals surface area contributed by atoms with Crippen LogP contribution in [0.3, 0.4) is 0 Å². The Balaban J connectivity index is 1.19. The second-order valence-electron chi connectivity index (χ2n) is 16.7. The Morgan fingerprint density at radius 3 is 1.24 bits per heavy atom. The van der Waals surface area contributed by atoms with Crippen molar-refractivity contribution < 1.29 is 0 Å². The van der Waals surface area contributed by atoms with Gasteiger partial charge in [0.2, 0.25) is 0 Å². The van der Waals surface area contributed by atoms with Gasteiger partial charge < -0.3 is 4.90 Å². The zero-order valence-electron chi connectivity index (χ0n) is 34.0. The summed E-state index contributed by atoms with van der Waals surface area (Å²) in [5.41, 5.74) is 18.1. The predicted molar refractivity (Wildman–Crippen MR) is 261 cm³/mol. The first-order chi connectivity index (χ1) is 30.8. The first-order valence-corrected chi connectivity index (χ1v) is 21.6. The van der Waals surface area contributed by atoms with Crippen molar-refractivity contribution in [3.05, 3.63) is 259 Å². The molecule has 0 atom stereocenters. The van der Waals surface area contributed by atoms with Crippen molar-refractivity contribution in [2.75, 3.05) is 4.90 Å². The fourth-order valence-corrected chi connectivity index (χ4v) is 11.2. The lowest BCUT2D eigenvalue weighted by Crippen LogP contribution is -2.26. The second kappa shape index (κ2) is 13.5. The summed E-state index contributed by atoms with van der Waals surface area (Å²) in [5, 5.41) is 7.56. The van der Waals surface area contributed by atoms with E-state index in [4.69, 9.17) is 0 Å². The monoisotopic (exact) mass is 785 g/mol. The second-order valence-corrected chi connectivity index (χ2v) is 16.7. The lowest BCUT2D eigenvalue weighted by molar-refractivity contribution is 0.794. The third-order valence-corrected chi connectivity index (χ3v) is 13.7. The quantitative estimate of drug-likeness (QED) is 0.157. The van der Waals surface area contributed by atoms with E-state index in [0.717, 1.165) is 17.1 Å². The number of hydrogen-bond acceptors (Lipinski definition) is 1. The van der Waals surface area contributed by atoms with Crippen molar-refractivity contribution in [3.63, 3.8) is 0 Å². The summed E-state index contributed by atoms with van der Waals surface area (Å²) in [4.78, 5) is 2.59. The molecule has 1 spiro atoms. The molecule has 1 heteroatoms. The highest BCUT2D eigenvalue weighted by atomic mass is 15.2. The normalized spacial score (nSPS) is 13.0. The third-order valence-electron chi connectivity index (χ3n) is 13.7. The summed E-state index contributed by atoms with van der Waals surface area (Å²) >= 11 is 0. The van der Waals surface area contributed by atoms with Gasteiger partial charge in [-0.1, -0.05) is 218 Å². The molecule has 0 radical (unpaired) electrons. The third kappa shape index (κ3) is 4.79. The van der Waals surface area contributed by atoms with Crippen LogP contribution in [0.5, 0.6) is 0 Å². The summed E-state index contributed by atoms with van der Waals surface area (Å²) in [6.45, 7) is 0. The van der Waals surface area contributed by atoms with E-state index < -0.39 is 5.41 Å². The van der Waals surface area contributed by atoms with Gasteiger partial charge in [0.05, 0.1) is 16.8 Å². The van der Waals surface area contributed by atoms with E-state index in [1.807, 2.05) is 0 Å². The standard InChI is InChI=1S/C61H39N/c1-3-19-40(20-4-1)43-30-17-31-44(41-21-5-2-6-22-41)60(43)62(42-37-38-49-47-25-8-7-23-45(47)46-24-9-10-26-48(46)53(49)39-42)58-36-18-35-57-59(58)52-29-13-16-34-56(52)61(57)54-32-14-11-27-50(54)51-28-12-15-33-55(51)61/h1-39H. The van der Waals surface area contributed by atoms with Crippen LogP contribution in [0, 0.1) is 0 Å². The van der Waals surface area contributed by atoms with Crippen molar-refractivity contribution in [2.45, 2.75) is 5.41 Å². The highest BCUT2D eigenvalue weighted by Gasteiger charge is 2.52. The molecular weight excluding hydrogens is 747 g/mol. The molecule has 0 fully saturated rings. The molecule has 0 bridgehead atoms. The van der Waals surface area contributed by atoms with Crippen LogP contribution < -0.4 is 4.90 Å². The van der Waals surface area contributed by atoms with Gasteiger partial charge in [-0.2, -0.15) is 0 Å². The fourth-order valence-electron chi connectivity index (χ4n) is 11.2. The Morgan fingerprint density at radius 2 is 0.677 bits per heavy atom. The molecule has 11 aromatic rings. The Labute approximate surface area is 361 Å². The van der Waals surface area contributed by atoms with Gasteiger partial charge in [-0.25, -0.2) is 0 Å². The SMILES string of the molecule is c1ccc(-c2cccc(-c3ccccc3)c2N(c2ccc3c4ccccc4c4ccccc4c3c2)c2cccc3c2-c2ccccc2C32c3ccccc3-c3ccccc32)cc1. The van der Waals surface area contributed by atoms with Gasteiger partial charge in [-0.05, 0) is 101 Å². The van der Waals surface area contributed by atoms with E-state index in [-0.39, 0.29) is 0 Å². The molecule has 11 aromatic carbocycles. The zero-order chi connectivity index (χ0) is 40.8. The molecule has 1 nitrogen and oxygen atoms in total. The lowest BCUT2D eigenvalue weighted by Gasteiger charge is -2.33. The largest absolute Gasteiger partial charge is 0.309 e. The lowest BCUT2D eigenvalue weighted by atomic mass is 9.70. The average Bonchev–Trinajstić information content (AvgIpc) is 3.83. The van der Waals surface area contributed by atoms with Crippen LogP contribution in [0.25, 0.3) is 76.8 Å². The van der Waals surface area contributed by atoms with Crippen LogP contribution in [-0.4, -0.2) is 0 Å². The van der Waals surface area contributed by atoms with Crippen molar-refractivity contribution in [1.82, 2.24) is 0 Å². The van der Waals surface area contributed by atoms with Gasteiger partial charge in [0.15, 0.2) is 0 Å². The number of benzene rings is 11. The summed E-state index contributed by atoms with van der Waals surface area (Å²) in [6, 6.07) is 88.0. The van der Waals surface area contributed by atoms with Gasteiger partial charge in [0, 0.05) is 22.4 Å². The van der Waals surface area contributed by atoms with E-state index in [2.05, 4.69) is 241 Å². The van der Waals surface area contributed by atoms with Gasteiger partial charge in [0.1, 0.15) is 0 Å². The van der Waals surface area contributed by atoms with E-state index in [9.17, 15) is 0 Å². The summed E-state index contributed by atoms with van der Waals surface area (Å²) < 4.78 is 0. The first-order valence-electron chi connectivity index (χ1n) is 21.6. The molecule has 0 N–H and O–H groups in total. The number of anilines is 3. The topological polar surface area (TPSA) is 3.24 Å². The van der Waals surface area contributed by atoms with Crippen molar-refractivity contribution in [3.8, 4) is 44.5 Å². The van der Waals surface area contributed by atoms with E-state index >= 15 is 0 Å². The number of hydrogen-bond donors (Lipinski definition) is 0. The van der Waals surface area contributed by atoms with E-state index in [0.29, 0.717) is 0 Å². The van der Waals surface area contributed by atoms with Crippen molar-refractivity contribution in [2.24, 2.45) is 0 Å². The Kier molecular flexibility index (Phi) is 7.59. The summed E-state index contributed by atoms with van der Waals surface area (Å²) in [6.07, 6.45) is 0. The summed E-state index contributed by atoms with van der Waals surface area (Å²) in [7, 11) is 0. The number of para-hydroxylation sites is 1. The van der Waals surface area contributed by atoms with Crippen LogP contribution >= 0.6 is 0 Å². The minimum atomic E-state index is -0.472. The molecular formula is C61H39N. The van der Waals surface area contributed by atoms with Crippen LogP contribution in [0.15, 0.2) is 237 Å². The number of nitrogens with zero attached hydrogens (tertiary/aromatic N) is 1. The molecule has 0 saturated carbocycles. The molecule has 0 aliphatic heterocycles. The molecule has 13 rings (SSSR count). The van der Waals surface area contributed by atoms with Gasteiger partial charge in [-0.15, -0.1) is 0 Å². The van der Waals surface area contributed by atoms with E-state index in [1.54, 1.807) is 0 Å². The minimum Gasteiger partial charge on any atom is -0.309 e. The zero-order valence-corrected chi connectivity index (χ0v) is 34.0. The molecule has 288 valence electrons. The van der Waals surface area contributed by atoms with Crippen LogP contribution in [0.1, 0.15) is 22.3 Å². The molecule has 0 saturated heterocycles. The Hall–Kier alpha value is -8.00. The number of fused-ring (bicyclic) bond motifs is 16. The Morgan fingerprint density at radius 1 is 0.274 bits per heavy atom. The highest BCUT2D eigenvalue weighted by molar-refractivity contribution is 6.26. The maximum Gasteiger partial charge on any atom is 0.0726 e. The maximum absolute atomic E-state index is 2.59. The van der Waals surface area contributed by atoms with Crippen molar-refractivity contribution in [1.29, 1.82) is 0 Å². The molecule has 2 aliphatic carbocycles. The molecule has 0 unspecified atom stereocenters. The Bertz CT molecular complexity index is 3440. The average molecular weight is 786 g/mol. The molecule has 0 amide bonds. The minimum absolute atomic E-state index is 0.472. The molecule has 62 heavy (non-hydrogen) atoms. The smallest absolute Gasteiger partial charge is 0.0726 e. The van der Waals surface area contributed by atoms with E-state index in [1.165, 1.54) is 99.1 Å². The van der Waals surface area contributed by atoms with Crippen molar-refractivity contribution >= 4 is 49.4 Å². The molecule has 2 aliphatic rings. The highest BCUT2D eigenvalue weighted by Crippen LogP contribution is 2.65. The molecule has 0 heterocycles. The fraction of sp³-hybridized carbons (Fsp3) is 0.0164. The summed E-state index contributed by atoms with van der Waals surface area (Å²) in [5.74, 6) is 0. The van der Waals surface area contributed by atoms with Gasteiger partial charge >= 0.3 is 0 Å². The van der Waals surface area contributed by atoms with Gasteiger partial charge in [-0.3, -0.25) is 0 Å². The van der Waals surface area contributed by atoms with Crippen LogP contribution in [0.2, 0.25) is 0 Å². The van der Waals surface area contributed by atoms with Crippen LogP contribution in [0.4, 0.5) is 17.1 Å². The van der Waals surface area contributed by atoms with Crippen LogP contribution in [-0.2, 0) is 5.41 Å².